The minimum absolute atomic E-state index is 0.0166. The molecule has 0 saturated heterocycles. The molecule has 2 aromatic carbocycles. The topological polar surface area (TPSA) is 69.4 Å². The van der Waals surface area contributed by atoms with Crippen molar-refractivity contribution in [3.05, 3.63) is 70.3 Å². The molecule has 0 unspecified atom stereocenters. The average Bonchev–Trinajstić information content (AvgIpc) is 2.55. The molecule has 0 aromatic heterocycles. The minimum atomic E-state index is -0.541. The Hall–Kier alpha value is -2.34. The Morgan fingerprint density at radius 3 is 2.48 bits per heavy atom. The zero-order valence-corrected chi connectivity index (χ0v) is 13.7. The van der Waals surface area contributed by atoms with Crippen molar-refractivity contribution >= 4 is 23.4 Å². The van der Waals surface area contributed by atoms with Crippen LogP contribution in [0.5, 0.6) is 0 Å². The first-order valence-electron chi connectivity index (χ1n) is 7.14. The van der Waals surface area contributed by atoms with Crippen molar-refractivity contribution in [3.63, 3.8) is 0 Å². The lowest BCUT2D eigenvalue weighted by atomic mass is 10.1. The van der Waals surface area contributed by atoms with E-state index in [1.165, 1.54) is 23.9 Å². The van der Waals surface area contributed by atoms with Crippen molar-refractivity contribution < 1.29 is 14.5 Å². The first-order chi connectivity index (χ1) is 11.0. The van der Waals surface area contributed by atoms with Gasteiger partial charge in [0.15, 0.2) is 0 Å². The summed E-state index contributed by atoms with van der Waals surface area (Å²) in [4.78, 5) is 23.5. The molecule has 2 rings (SSSR count). The molecular formula is C17H17NO4S. The first-order valence-corrected chi connectivity index (χ1v) is 8.02. The summed E-state index contributed by atoms with van der Waals surface area (Å²) in [6, 6.07) is 15.7. The normalized spacial score (nSPS) is 13.1. The van der Waals surface area contributed by atoms with Crippen LogP contribution in [0.2, 0.25) is 0 Å². The molecule has 0 aliphatic carbocycles. The van der Waals surface area contributed by atoms with Gasteiger partial charge in [0.2, 0.25) is 0 Å². The Bertz CT molecular complexity index is 690. The van der Waals surface area contributed by atoms with Gasteiger partial charge < -0.3 is 4.74 Å². The van der Waals surface area contributed by atoms with Gasteiger partial charge in [0.05, 0.1) is 4.92 Å². The molecule has 0 aliphatic rings. The van der Waals surface area contributed by atoms with Gasteiger partial charge in [-0.2, -0.15) is 0 Å². The highest BCUT2D eigenvalue weighted by Gasteiger charge is 2.20. The lowest BCUT2D eigenvalue weighted by molar-refractivity contribution is -0.385. The van der Waals surface area contributed by atoms with Gasteiger partial charge in [0, 0.05) is 17.0 Å². The van der Waals surface area contributed by atoms with E-state index in [0.29, 0.717) is 5.56 Å². The van der Waals surface area contributed by atoms with Gasteiger partial charge in [-0.3, -0.25) is 14.9 Å². The van der Waals surface area contributed by atoms with Crippen LogP contribution in [-0.4, -0.2) is 16.1 Å². The lowest BCUT2D eigenvalue weighted by Crippen LogP contribution is -2.18. The maximum atomic E-state index is 12.2. The molecule has 0 fully saturated rings. The first kappa shape index (κ1) is 17.0. The highest BCUT2D eigenvalue weighted by molar-refractivity contribution is 8.00. The maximum Gasteiger partial charge on any atom is 0.319 e. The van der Waals surface area contributed by atoms with Gasteiger partial charge in [0.1, 0.15) is 11.4 Å². The molecular weight excluding hydrogens is 314 g/mol. The van der Waals surface area contributed by atoms with Crippen LogP contribution in [0.15, 0.2) is 59.5 Å². The highest BCUT2D eigenvalue weighted by atomic mass is 32.2. The molecule has 2 atom stereocenters. The van der Waals surface area contributed by atoms with E-state index in [1.54, 1.807) is 26.0 Å². The lowest BCUT2D eigenvalue weighted by Gasteiger charge is -2.17. The summed E-state index contributed by atoms with van der Waals surface area (Å²) in [7, 11) is 0. The molecule has 0 heterocycles. The van der Waals surface area contributed by atoms with Crippen LogP contribution < -0.4 is 0 Å². The summed E-state index contributed by atoms with van der Waals surface area (Å²) in [6.45, 7) is 3.48. The van der Waals surface area contributed by atoms with Gasteiger partial charge >= 0.3 is 5.97 Å². The number of thioether (sulfide) groups is 1. The third-order valence-corrected chi connectivity index (χ3v) is 4.32. The molecule has 0 N–H and O–H groups in total. The number of nitro benzene ring substituents is 1. The van der Waals surface area contributed by atoms with Crippen molar-refractivity contribution in [1.82, 2.24) is 0 Å². The van der Waals surface area contributed by atoms with E-state index >= 15 is 0 Å². The number of hydrogen-bond donors (Lipinski definition) is 0. The SMILES string of the molecule is C[C@H](OC(=O)[C@@H](C)Sc1ccccc1)c1cccc([N+](=O)[O-])c1. The van der Waals surface area contributed by atoms with Crippen molar-refractivity contribution in [2.24, 2.45) is 0 Å². The second-order valence-corrected chi connectivity index (χ2v) is 6.42. The van der Waals surface area contributed by atoms with Crippen LogP contribution in [0.3, 0.4) is 0 Å². The molecule has 5 nitrogen and oxygen atoms in total. The quantitative estimate of drug-likeness (QED) is 0.340. The predicted octanol–water partition coefficient (Wildman–Crippen LogP) is 4.38. The molecule has 0 spiro atoms. The zero-order chi connectivity index (χ0) is 16.8. The largest absolute Gasteiger partial charge is 0.457 e. The summed E-state index contributed by atoms with van der Waals surface area (Å²) < 4.78 is 5.42. The van der Waals surface area contributed by atoms with Crippen LogP contribution in [-0.2, 0) is 9.53 Å². The number of ether oxygens (including phenoxy) is 1. The number of carbonyl (C=O) groups excluding carboxylic acids is 1. The van der Waals surface area contributed by atoms with Crippen LogP contribution in [0.1, 0.15) is 25.5 Å². The van der Waals surface area contributed by atoms with Crippen LogP contribution >= 0.6 is 11.8 Å². The number of esters is 1. The average molecular weight is 331 g/mol. The summed E-state index contributed by atoms with van der Waals surface area (Å²) in [5.74, 6) is -0.349. The van der Waals surface area contributed by atoms with Gasteiger partial charge in [-0.25, -0.2) is 0 Å². The number of benzene rings is 2. The number of hydrogen-bond acceptors (Lipinski definition) is 5. The molecule has 2 aromatic rings. The Kier molecular flexibility index (Phi) is 5.76. The number of rotatable bonds is 6. The van der Waals surface area contributed by atoms with E-state index in [4.69, 9.17) is 4.74 Å². The molecule has 0 bridgehead atoms. The van der Waals surface area contributed by atoms with Crippen molar-refractivity contribution in [1.29, 1.82) is 0 Å². The van der Waals surface area contributed by atoms with Crippen LogP contribution in [0.25, 0.3) is 0 Å². The van der Waals surface area contributed by atoms with E-state index < -0.39 is 11.0 Å². The smallest absolute Gasteiger partial charge is 0.319 e. The molecule has 0 amide bonds. The molecule has 0 aliphatic heterocycles. The molecule has 6 heteroatoms. The Morgan fingerprint density at radius 1 is 1.13 bits per heavy atom. The van der Waals surface area contributed by atoms with E-state index in [0.717, 1.165) is 4.90 Å². The summed E-state index contributed by atoms with van der Waals surface area (Å²) in [5, 5.41) is 10.4. The summed E-state index contributed by atoms with van der Waals surface area (Å²) >= 11 is 1.41. The van der Waals surface area contributed by atoms with Gasteiger partial charge in [-0.1, -0.05) is 30.3 Å². The number of nitro groups is 1. The fourth-order valence-corrected chi connectivity index (χ4v) is 2.85. The predicted molar refractivity (Wildman–Crippen MR) is 89.4 cm³/mol. The standard InChI is InChI=1S/C17H17NO4S/c1-12(14-7-6-8-15(11-14)18(20)21)22-17(19)13(2)23-16-9-4-3-5-10-16/h3-13H,1-2H3/t12-,13+/m0/s1. The van der Waals surface area contributed by atoms with Crippen molar-refractivity contribution in [3.8, 4) is 0 Å². The van der Waals surface area contributed by atoms with Crippen LogP contribution in [0.4, 0.5) is 5.69 Å². The molecule has 120 valence electrons. The Morgan fingerprint density at radius 2 is 1.83 bits per heavy atom. The summed E-state index contributed by atoms with van der Waals surface area (Å²) in [5.41, 5.74) is 0.585. The van der Waals surface area contributed by atoms with Crippen LogP contribution in [0, 0.1) is 10.1 Å². The van der Waals surface area contributed by atoms with E-state index in [9.17, 15) is 14.9 Å². The third-order valence-electron chi connectivity index (χ3n) is 3.23. The number of carbonyl (C=O) groups is 1. The van der Waals surface area contributed by atoms with Crippen molar-refractivity contribution in [2.75, 3.05) is 0 Å². The fourth-order valence-electron chi connectivity index (χ4n) is 1.98. The van der Waals surface area contributed by atoms with E-state index in [1.807, 2.05) is 30.3 Å². The van der Waals surface area contributed by atoms with E-state index in [2.05, 4.69) is 0 Å². The van der Waals surface area contributed by atoms with Gasteiger partial charge in [0.25, 0.3) is 5.69 Å². The van der Waals surface area contributed by atoms with Gasteiger partial charge in [-0.15, -0.1) is 11.8 Å². The van der Waals surface area contributed by atoms with Gasteiger partial charge in [-0.05, 0) is 31.5 Å². The number of non-ortho nitro benzene ring substituents is 1. The maximum absolute atomic E-state index is 12.2. The third kappa shape index (κ3) is 4.82. The number of nitrogens with zero attached hydrogens (tertiary/aromatic N) is 1. The molecule has 0 saturated carbocycles. The molecule has 0 radical (unpaired) electrons. The Labute approximate surface area is 138 Å². The Balaban J connectivity index is 1.99. The molecule has 23 heavy (non-hydrogen) atoms. The second kappa shape index (κ2) is 7.78. The second-order valence-electron chi connectivity index (χ2n) is 5.00. The van der Waals surface area contributed by atoms with Crippen molar-refractivity contribution in [2.45, 2.75) is 30.1 Å². The fraction of sp³-hybridized carbons (Fsp3) is 0.235. The van der Waals surface area contributed by atoms with E-state index in [-0.39, 0.29) is 16.9 Å². The minimum Gasteiger partial charge on any atom is -0.457 e. The summed E-state index contributed by atoms with van der Waals surface area (Å²) in [6.07, 6.45) is -0.541. The monoisotopic (exact) mass is 331 g/mol. The highest BCUT2D eigenvalue weighted by Crippen LogP contribution is 2.27. The zero-order valence-electron chi connectivity index (χ0n) is 12.8.